The van der Waals surface area contributed by atoms with Gasteiger partial charge in [0, 0.05) is 0 Å². The molecule has 0 saturated heterocycles. The normalized spacial score (nSPS) is 18.5. The van der Waals surface area contributed by atoms with Crippen LogP contribution in [0.15, 0.2) is 0 Å². The van der Waals surface area contributed by atoms with Gasteiger partial charge in [0.15, 0.2) is 0 Å². The van der Waals surface area contributed by atoms with Gasteiger partial charge in [-0.05, 0) is 18.8 Å². The van der Waals surface area contributed by atoms with Crippen molar-refractivity contribution in [2.24, 2.45) is 5.92 Å². The highest BCUT2D eigenvalue weighted by molar-refractivity contribution is 5.36. The highest BCUT2D eigenvalue weighted by atomic mass is 16.5. The predicted octanol–water partition coefficient (Wildman–Crippen LogP) is 2.91. The molecule has 0 bridgehead atoms. The van der Waals surface area contributed by atoms with E-state index in [0.29, 0.717) is 13.1 Å². The highest BCUT2D eigenvalue weighted by Gasteiger charge is 2.12. The Labute approximate surface area is 80.7 Å². The Morgan fingerprint density at radius 2 is 1.92 bits per heavy atom. The number of rotatable bonds is 6. The Morgan fingerprint density at radius 3 is 2.62 bits per heavy atom. The summed E-state index contributed by atoms with van der Waals surface area (Å²) in [6, 6.07) is 0. The zero-order valence-electron chi connectivity index (χ0n) is 8.34. The fraction of sp³-hybridized carbons (Fsp3) is 0.909. The zero-order valence-corrected chi connectivity index (χ0v) is 8.34. The average Bonchev–Trinajstić information content (AvgIpc) is 2.19. The summed E-state index contributed by atoms with van der Waals surface area (Å²) in [5.74, 6) is 0.963. The maximum Gasteiger partial charge on any atom is 0.293 e. The fourth-order valence-corrected chi connectivity index (χ4v) is 2.14. The first-order chi connectivity index (χ1) is 6.43. The van der Waals surface area contributed by atoms with Gasteiger partial charge in [-0.3, -0.25) is 4.79 Å². The molecule has 0 unspecified atom stereocenters. The average molecular weight is 184 g/mol. The molecule has 2 nitrogen and oxygen atoms in total. The Kier molecular flexibility index (Phi) is 5.62. The molecule has 0 heterocycles. The van der Waals surface area contributed by atoms with Crippen molar-refractivity contribution in [1.82, 2.24) is 0 Å². The third-order valence-electron chi connectivity index (χ3n) is 2.92. The summed E-state index contributed by atoms with van der Waals surface area (Å²) >= 11 is 0. The van der Waals surface area contributed by atoms with Gasteiger partial charge in [-0.2, -0.15) is 0 Å². The second-order valence-corrected chi connectivity index (χ2v) is 3.97. The summed E-state index contributed by atoms with van der Waals surface area (Å²) in [4.78, 5) is 9.85. The van der Waals surface area contributed by atoms with E-state index in [1.54, 1.807) is 0 Å². The molecular weight excluding hydrogens is 164 g/mol. The quantitative estimate of drug-likeness (QED) is 0.468. The molecule has 1 aliphatic carbocycles. The molecule has 0 aromatic rings. The second-order valence-electron chi connectivity index (χ2n) is 3.97. The third kappa shape index (κ3) is 4.91. The van der Waals surface area contributed by atoms with Crippen LogP contribution in [0.25, 0.3) is 0 Å². The molecule has 76 valence electrons. The maximum absolute atomic E-state index is 9.85. The molecule has 0 amide bonds. The fourth-order valence-electron chi connectivity index (χ4n) is 2.14. The second kappa shape index (κ2) is 6.93. The Hall–Kier alpha value is -0.530. The Morgan fingerprint density at radius 1 is 1.15 bits per heavy atom. The summed E-state index contributed by atoms with van der Waals surface area (Å²) in [5.41, 5.74) is 0. The maximum atomic E-state index is 9.85. The van der Waals surface area contributed by atoms with Crippen LogP contribution in [0.5, 0.6) is 0 Å². The van der Waals surface area contributed by atoms with Gasteiger partial charge in [0.2, 0.25) is 0 Å². The summed E-state index contributed by atoms with van der Waals surface area (Å²) in [7, 11) is 0. The number of carbonyl (C=O) groups is 1. The summed E-state index contributed by atoms with van der Waals surface area (Å²) in [5, 5.41) is 0. The molecular formula is C11H20O2. The van der Waals surface area contributed by atoms with E-state index in [0.717, 1.165) is 12.3 Å². The highest BCUT2D eigenvalue weighted by Crippen LogP contribution is 2.27. The van der Waals surface area contributed by atoms with Gasteiger partial charge in [-0.15, -0.1) is 0 Å². The number of carbonyl (C=O) groups excluding carboxylic acids is 1. The summed E-state index contributed by atoms with van der Waals surface area (Å²) < 4.78 is 4.64. The molecule has 0 aromatic carbocycles. The van der Waals surface area contributed by atoms with Crippen LogP contribution in [0.1, 0.15) is 51.4 Å². The van der Waals surface area contributed by atoms with E-state index in [4.69, 9.17) is 0 Å². The minimum atomic E-state index is 0.542. The Balaban J connectivity index is 1.89. The van der Waals surface area contributed by atoms with E-state index in [-0.39, 0.29) is 0 Å². The minimum absolute atomic E-state index is 0.542. The molecule has 0 aliphatic heterocycles. The standard InChI is InChI=1S/C11H20O2/c12-10-13-9-5-4-8-11-6-2-1-3-7-11/h10-11H,1-9H2. The van der Waals surface area contributed by atoms with Crippen molar-refractivity contribution in [3.05, 3.63) is 0 Å². The van der Waals surface area contributed by atoms with Crippen LogP contribution in [-0.2, 0) is 9.53 Å². The summed E-state index contributed by atoms with van der Waals surface area (Å²) in [6.07, 6.45) is 10.7. The van der Waals surface area contributed by atoms with Crippen molar-refractivity contribution >= 4 is 6.47 Å². The predicted molar refractivity (Wildman–Crippen MR) is 52.4 cm³/mol. The minimum Gasteiger partial charge on any atom is -0.468 e. The molecule has 0 spiro atoms. The lowest BCUT2D eigenvalue weighted by Crippen LogP contribution is -2.06. The largest absolute Gasteiger partial charge is 0.468 e. The van der Waals surface area contributed by atoms with E-state index in [9.17, 15) is 4.79 Å². The van der Waals surface area contributed by atoms with Crippen LogP contribution in [0.2, 0.25) is 0 Å². The molecule has 1 rings (SSSR count). The van der Waals surface area contributed by atoms with E-state index in [2.05, 4.69) is 4.74 Å². The number of unbranched alkanes of at least 4 members (excludes halogenated alkanes) is 1. The monoisotopic (exact) mass is 184 g/mol. The third-order valence-corrected chi connectivity index (χ3v) is 2.92. The van der Waals surface area contributed by atoms with Crippen LogP contribution in [-0.4, -0.2) is 13.1 Å². The summed E-state index contributed by atoms with van der Waals surface area (Å²) in [6.45, 7) is 1.15. The van der Waals surface area contributed by atoms with E-state index in [1.165, 1.54) is 44.9 Å². The first kappa shape index (κ1) is 10.6. The van der Waals surface area contributed by atoms with Crippen molar-refractivity contribution in [3.8, 4) is 0 Å². The topological polar surface area (TPSA) is 26.3 Å². The smallest absolute Gasteiger partial charge is 0.293 e. The first-order valence-electron chi connectivity index (χ1n) is 5.48. The Bertz CT molecular complexity index is 128. The van der Waals surface area contributed by atoms with E-state index >= 15 is 0 Å². The van der Waals surface area contributed by atoms with Crippen LogP contribution in [0.3, 0.4) is 0 Å². The van der Waals surface area contributed by atoms with Crippen LogP contribution in [0.4, 0.5) is 0 Å². The molecule has 13 heavy (non-hydrogen) atoms. The van der Waals surface area contributed by atoms with Gasteiger partial charge < -0.3 is 4.74 Å². The number of hydrogen-bond donors (Lipinski definition) is 0. The first-order valence-corrected chi connectivity index (χ1v) is 5.48. The van der Waals surface area contributed by atoms with Crippen molar-refractivity contribution in [3.63, 3.8) is 0 Å². The molecule has 1 saturated carbocycles. The molecule has 1 fully saturated rings. The van der Waals surface area contributed by atoms with Crippen molar-refractivity contribution in [1.29, 1.82) is 0 Å². The molecule has 1 aliphatic rings. The zero-order chi connectivity index (χ0) is 9.36. The molecule has 0 atom stereocenters. The molecule has 2 heteroatoms. The van der Waals surface area contributed by atoms with Crippen LogP contribution >= 0.6 is 0 Å². The molecule has 0 radical (unpaired) electrons. The van der Waals surface area contributed by atoms with Gasteiger partial charge in [0.05, 0.1) is 6.61 Å². The van der Waals surface area contributed by atoms with Crippen molar-refractivity contribution < 1.29 is 9.53 Å². The lowest BCUT2D eigenvalue weighted by atomic mass is 9.86. The number of ether oxygens (including phenoxy) is 1. The number of hydrogen-bond acceptors (Lipinski definition) is 2. The van der Waals surface area contributed by atoms with Crippen molar-refractivity contribution in [2.45, 2.75) is 51.4 Å². The van der Waals surface area contributed by atoms with Gasteiger partial charge in [0.25, 0.3) is 6.47 Å². The van der Waals surface area contributed by atoms with Crippen LogP contribution < -0.4 is 0 Å². The molecule has 0 aromatic heterocycles. The lowest BCUT2D eigenvalue weighted by molar-refractivity contribution is -0.128. The van der Waals surface area contributed by atoms with Crippen molar-refractivity contribution in [2.75, 3.05) is 6.61 Å². The SMILES string of the molecule is O=COCCCCC1CCCCC1. The van der Waals surface area contributed by atoms with Gasteiger partial charge in [0.1, 0.15) is 0 Å². The molecule has 0 N–H and O–H groups in total. The lowest BCUT2D eigenvalue weighted by Gasteiger charge is -2.20. The van der Waals surface area contributed by atoms with Gasteiger partial charge in [-0.25, -0.2) is 0 Å². The van der Waals surface area contributed by atoms with E-state index < -0.39 is 0 Å². The van der Waals surface area contributed by atoms with E-state index in [1.807, 2.05) is 0 Å². The van der Waals surface area contributed by atoms with Crippen LogP contribution in [0, 0.1) is 5.92 Å². The van der Waals surface area contributed by atoms with Gasteiger partial charge in [-0.1, -0.05) is 38.5 Å². The van der Waals surface area contributed by atoms with Gasteiger partial charge >= 0.3 is 0 Å².